The lowest BCUT2D eigenvalue weighted by Crippen LogP contribution is -2.43. The van der Waals surface area contributed by atoms with Crippen LogP contribution in [0.2, 0.25) is 0 Å². The highest BCUT2D eigenvalue weighted by atomic mass is 32.2. The number of carbonyl (C=O) groups is 2. The first-order valence-corrected chi connectivity index (χ1v) is 6.70. The van der Waals surface area contributed by atoms with Gasteiger partial charge in [-0.15, -0.1) is 11.8 Å². The van der Waals surface area contributed by atoms with Crippen LogP contribution >= 0.6 is 11.8 Å². The first-order chi connectivity index (χ1) is 9.60. The number of hydrogen-bond acceptors (Lipinski definition) is 5. The summed E-state index contributed by atoms with van der Waals surface area (Å²) in [5.74, 6) is -1.46. The summed E-state index contributed by atoms with van der Waals surface area (Å²) < 4.78 is 4.75. The van der Waals surface area contributed by atoms with Crippen molar-refractivity contribution < 1.29 is 19.4 Å². The average molecular weight is 294 g/mol. The number of carboxylic acid groups (broad SMARTS) is 1. The number of nitrogens with zero attached hydrogens (tertiary/aromatic N) is 1. The Hall–Kier alpha value is -2.04. The van der Waals surface area contributed by atoms with E-state index in [1.54, 1.807) is 24.3 Å². The number of benzene rings is 1. The summed E-state index contributed by atoms with van der Waals surface area (Å²) in [6.45, 7) is -0.116. The summed E-state index contributed by atoms with van der Waals surface area (Å²) in [5.41, 5.74) is 0.343. The fourth-order valence-corrected chi connectivity index (χ4v) is 2.18. The molecule has 7 heteroatoms. The maximum absolute atomic E-state index is 12.1. The van der Waals surface area contributed by atoms with Crippen molar-refractivity contribution in [3.05, 3.63) is 29.8 Å². The van der Waals surface area contributed by atoms with Gasteiger partial charge in [0, 0.05) is 12.0 Å². The Morgan fingerprint density at radius 1 is 1.50 bits per heavy atom. The van der Waals surface area contributed by atoms with Gasteiger partial charge in [0.25, 0.3) is 5.91 Å². The molecule has 1 amide bonds. The highest BCUT2D eigenvalue weighted by Gasteiger charge is 2.21. The molecule has 6 nitrogen and oxygen atoms in total. The van der Waals surface area contributed by atoms with Crippen LogP contribution in [0.3, 0.4) is 0 Å². The van der Waals surface area contributed by atoms with Crippen molar-refractivity contribution in [2.45, 2.75) is 10.9 Å². The number of carboxylic acids is 1. The van der Waals surface area contributed by atoms with E-state index in [-0.39, 0.29) is 12.4 Å². The van der Waals surface area contributed by atoms with Crippen LogP contribution in [0.15, 0.2) is 29.2 Å². The van der Waals surface area contributed by atoms with Crippen molar-refractivity contribution in [2.24, 2.45) is 0 Å². The molecule has 0 aliphatic carbocycles. The molecule has 20 heavy (non-hydrogen) atoms. The number of methoxy groups -OCH3 is 1. The molecule has 0 bridgehead atoms. The van der Waals surface area contributed by atoms with E-state index in [2.05, 4.69) is 5.32 Å². The Kier molecular flexibility index (Phi) is 6.56. The second-order valence-electron chi connectivity index (χ2n) is 3.76. The molecular weight excluding hydrogens is 280 g/mol. The molecule has 1 atom stereocenters. The van der Waals surface area contributed by atoms with Gasteiger partial charge >= 0.3 is 5.97 Å². The van der Waals surface area contributed by atoms with Crippen molar-refractivity contribution in [3.8, 4) is 6.07 Å². The SMILES string of the molecule is COCC(NC(=O)c1ccccc1SCC#N)C(=O)O. The second-order valence-corrected chi connectivity index (χ2v) is 4.78. The van der Waals surface area contributed by atoms with Crippen molar-refractivity contribution in [1.82, 2.24) is 5.32 Å². The Morgan fingerprint density at radius 2 is 2.20 bits per heavy atom. The van der Waals surface area contributed by atoms with E-state index in [0.717, 1.165) is 0 Å². The van der Waals surface area contributed by atoms with E-state index < -0.39 is 17.9 Å². The topological polar surface area (TPSA) is 99.4 Å². The molecule has 0 saturated heterocycles. The van der Waals surface area contributed by atoms with Gasteiger partial charge in [-0.1, -0.05) is 12.1 Å². The Balaban J connectivity index is 2.86. The number of carbonyl (C=O) groups excluding carboxylic acids is 1. The zero-order chi connectivity index (χ0) is 15.0. The molecule has 0 aliphatic rings. The Bertz CT molecular complexity index is 527. The van der Waals surface area contributed by atoms with Crippen LogP contribution in [0.25, 0.3) is 0 Å². The third-order valence-electron chi connectivity index (χ3n) is 2.36. The number of ether oxygens (including phenoxy) is 1. The number of nitriles is 1. The van der Waals surface area contributed by atoms with Gasteiger partial charge in [0.05, 0.1) is 24.0 Å². The van der Waals surface area contributed by atoms with Crippen molar-refractivity contribution >= 4 is 23.6 Å². The zero-order valence-electron chi connectivity index (χ0n) is 10.8. The number of nitrogens with one attached hydrogen (secondary N) is 1. The molecule has 1 aromatic rings. The molecule has 0 heterocycles. The molecule has 0 aromatic heterocycles. The lowest BCUT2D eigenvalue weighted by atomic mass is 10.2. The maximum atomic E-state index is 12.1. The summed E-state index contributed by atoms with van der Waals surface area (Å²) in [7, 11) is 1.36. The van der Waals surface area contributed by atoms with Crippen molar-refractivity contribution in [2.75, 3.05) is 19.5 Å². The van der Waals surface area contributed by atoms with E-state index in [9.17, 15) is 9.59 Å². The van der Waals surface area contributed by atoms with E-state index in [1.807, 2.05) is 6.07 Å². The van der Waals surface area contributed by atoms with Gasteiger partial charge in [0.15, 0.2) is 6.04 Å². The van der Waals surface area contributed by atoms with Gasteiger partial charge in [0.1, 0.15) is 0 Å². The van der Waals surface area contributed by atoms with Gasteiger partial charge in [-0.2, -0.15) is 5.26 Å². The normalized spacial score (nSPS) is 11.4. The van der Waals surface area contributed by atoms with Crippen molar-refractivity contribution in [3.63, 3.8) is 0 Å². The van der Waals surface area contributed by atoms with Crippen LogP contribution < -0.4 is 5.32 Å². The predicted octanol–water partition coefficient (Wildman–Crippen LogP) is 1.13. The molecule has 0 radical (unpaired) electrons. The highest BCUT2D eigenvalue weighted by Crippen LogP contribution is 2.22. The summed E-state index contributed by atoms with van der Waals surface area (Å²) in [5, 5.41) is 19.9. The Labute approximate surface area is 120 Å². The molecule has 106 valence electrons. The number of amides is 1. The van der Waals surface area contributed by atoms with E-state index >= 15 is 0 Å². The fraction of sp³-hybridized carbons (Fsp3) is 0.308. The van der Waals surface area contributed by atoms with Gasteiger partial charge in [-0.3, -0.25) is 4.79 Å². The molecule has 0 spiro atoms. The van der Waals surface area contributed by atoms with Gasteiger partial charge in [-0.05, 0) is 12.1 Å². The first-order valence-electron chi connectivity index (χ1n) is 5.71. The monoisotopic (exact) mass is 294 g/mol. The summed E-state index contributed by atoms with van der Waals surface area (Å²) in [6, 6.07) is 7.59. The third-order valence-corrected chi connectivity index (χ3v) is 3.30. The van der Waals surface area contributed by atoms with E-state index in [1.165, 1.54) is 18.9 Å². The van der Waals surface area contributed by atoms with Crippen LogP contribution in [0.4, 0.5) is 0 Å². The van der Waals surface area contributed by atoms with Crippen LogP contribution in [-0.4, -0.2) is 42.5 Å². The second kappa shape index (κ2) is 8.19. The number of rotatable bonds is 7. The quantitative estimate of drug-likeness (QED) is 0.731. The zero-order valence-corrected chi connectivity index (χ0v) is 11.6. The van der Waals surface area contributed by atoms with Crippen LogP contribution in [0, 0.1) is 11.3 Å². The fourth-order valence-electron chi connectivity index (χ4n) is 1.47. The number of hydrogen-bond donors (Lipinski definition) is 2. The standard InChI is InChI=1S/C13H14N2O4S/c1-19-8-10(13(17)18)15-12(16)9-4-2-3-5-11(9)20-7-6-14/h2-5,10H,7-8H2,1H3,(H,15,16)(H,17,18). The predicted molar refractivity (Wildman–Crippen MR) is 73.5 cm³/mol. The van der Waals surface area contributed by atoms with Gasteiger partial charge in [0.2, 0.25) is 0 Å². The molecule has 1 aromatic carbocycles. The van der Waals surface area contributed by atoms with Crippen LogP contribution in [0.1, 0.15) is 10.4 Å². The largest absolute Gasteiger partial charge is 0.480 e. The molecule has 0 aliphatic heterocycles. The summed E-state index contributed by atoms with van der Waals surface area (Å²) in [4.78, 5) is 23.7. The van der Waals surface area contributed by atoms with Gasteiger partial charge in [-0.25, -0.2) is 4.79 Å². The molecule has 1 unspecified atom stereocenters. The third kappa shape index (κ3) is 4.57. The summed E-state index contributed by atoms with van der Waals surface area (Å²) in [6.07, 6.45) is 0. The molecule has 1 rings (SSSR count). The highest BCUT2D eigenvalue weighted by molar-refractivity contribution is 7.99. The lowest BCUT2D eigenvalue weighted by Gasteiger charge is -2.14. The van der Waals surface area contributed by atoms with Crippen molar-refractivity contribution in [1.29, 1.82) is 5.26 Å². The van der Waals surface area contributed by atoms with Gasteiger partial charge < -0.3 is 15.2 Å². The first kappa shape index (κ1) is 16.0. The minimum atomic E-state index is -1.16. The molecular formula is C13H14N2O4S. The molecule has 0 saturated carbocycles. The van der Waals surface area contributed by atoms with E-state index in [4.69, 9.17) is 15.1 Å². The maximum Gasteiger partial charge on any atom is 0.328 e. The smallest absolute Gasteiger partial charge is 0.328 e. The molecule has 2 N–H and O–H groups in total. The minimum Gasteiger partial charge on any atom is -0.480 e. The minimum absolute atomic E-state index is 0.116. The number of aliphatic carboxylic acids is 1. The van der Waals surface area contributed by atoms with Crippen LogP contribution in [-0.2, 0) is 9.53 Å². The average Bonchev–Trinajstić information content (AvgIpc) is 2.44. The van der Waals surface area contributed by atoms with E-state index in [0.29, 0.717) is 10.5 Å². The molecule has 0 fully saturated rings. The lowest BCUT2D eigenvalue weighted by molar-refractivity contribution is -0.140. The summed E-state index contributed by atoms with van der Waals surface area (Å²) >= 11 is 1.22. The Morgan fingerprint density at radius 3 is 2.80 bits per heavy atom. The number of thioether (sulfide) groups is 1. The van der Waals surface area contributed by atoms with Crippen LogP contribution in [0.5, 0.6) is 0 Å².